The zero-order valence-electron chi connectivity index (χ0n) is 21.5. The summed E-state index contributed by atoms with van der Waals surface area (Å²) >= 11 is 5.77. The fourth-order valence-electron chi connectivity index (χ4n) is 3.40. The smallest absolute Gasteiger partial charge is 0.144 e. The Labute approximate surface area is 214 Å². The molecule has 0 aliphatic heterocycles. The largest absolute Gasteiger partial charge is 0.505 e. The Morgan fingerprint density at radius 3 is 2.40 bits per heavy atom. The van der Waals surface area contributed by atoms with Gasteiger partial charge in [0.25, 0.3) is 0 Å². The average molecular weight is 505 g/mol. The molecular formula is C29H39ClF2N2O. The van der Waals surface area contributed by atoms with Crippen LogP contribution in [-0.4, -0.2) is 16.8 Å². The van der Waals surface area contributed by atoms with Crippen molar-refractivity contribution in [1.29, 1.82) is 0 Å². The molecule has 0 saturated heterocycles. The maximum atomic E-state index is 13.8. The van der Waals surface area contributed by atoms with Gasteiger partial charge in [-0.15, -0.1) is 6.58 Å². The van der Waals surface area contributed by atoms with Crippen LogP contribution in [0.4, 0.5) is 8.78 Å². The van der Waals surface area contributed by atoms with Crippen molar-refractivity contribution >= 4 is 17.7 Å². The fraction of sp³-hybridized carbons (Fsp3) is 0.414. The predicted octanol–water partition coefficient (Wildman–Crippen LogP) is 8.61. The molecule has 3 N–H and O–H groups in total. The summed E-state index contributed by atoms with van der Waals surface area (Å²) in [5.41, 5.74) is 8.25. The van der Waals surface area contributed by atoms with Gasteiger partial charge in [0.15, 0.2) is 0 Å². The number of hydrogen-bond acceptors (Lipinski definition) is 3. The molecule has 192 valence electrons. The highest BCUT2D eigenvalue weighted by atomic mass is 35.5. The van der Waals surface area contributed by atoms with Crippen molar-refractivity contribution in [2.45, 2.75) is 59.3 Å². The number of benzene rings is 1. The van der Waals surface area contributed by atoms with Crippen molar-refractivity contribution in [1.82, 2.24) is 4.98 Å². The highest BCUT2D eigenvalue weighted by Gasteiger charge is 2.22. The standard InChI is InChI=1S/C20H23ClFNO.C9H16FN/c1-12(2)6-9-17-19(24)14(20(3,4)5)11-18(23-17)13-7-8-15(21)16(22)10-13;1-3-4-9(5-6-10)7-8(2)11/h6-12,24H,1-5H3;3,9H,1-2,4-7,11H2/b9-6+;. The van der Waals surface area contributed by atoms with E-state index >= 15 is 0 Å². The Balaban J connectivity index is 0.000000471. The number of hydrogen-bond donors (Lipinski definition) is 2. The number of nitrogens with two attached hydrogens (primary N) is 1. The molecule has 1 unspecified atom stereocenters. The van der Waals surface area contributed by atoms with Crippen LogP contribution in [0.2, 0.25) is 5.02 Å². The van der Waals surface area contributed by atoms with E-state index in [0.717, 1.165) is 12.0 Å². The number of alkyl halides is 1. The highest BCUT2D eigenvalue weighted by Crippen LogP contribution is 2.36. The van der Waals surface area contributed by atoms with Gasteiger partial charge in [0.1, 0.15) is 17.3 Å². The first-order valence-electron chi connectivity index (χ1n) is 11.8. The van der Waals surface area contributed by atoms with Crippen LogP contribution in [-0.2, 0) is 5.41 Å². The summed E-state index contributed by atoms with van der Waals surface area (Å²) in [6, 6.07) is 6.42. The molecule has 0 radical (unpaired) electrons. The van der Waals surface area contributed by atoms with Gasteiger partial charge in [-0.05, 0) is 60.8 Å². The minimum absolute atomic E-state index is 0.0773. The van der Waals surface area contributed by atoms with Crippen LogP contribution in [0, 0.1) is 17.7 Å². The van der Waals surface area contributed by atoms with Crippen LogP contribution in [0.5, 0.6) is 5.75 Å². The quantitative estimate of drug-likeness (QED) is 0.336. The number of pyridine rings is 1. The normalized spacial score (nSPS) is 12.4. The van der Waals surface area contributed by atoms with Crippen molar-refractivity contribution in [3.05, 3.63) is 77.4 Å². The monoisotopic (exact) mass is 504 g/mol. The van der Waals surface area contributed by atoms with E-state index in [4.69, 9.17) is 17.3 Å². The van der Waals surface area contributed by atoms with Crippen LogP contribution in [0.15, 0.2) is 55.3 Å². The molecule has 0 aliphatic carbocycles. The predicted molar refractivity (Wildman–Crippen MR) is 146 cm³/mol. The van der Waals surface area contributed by atoms with E-state index in [1.54, 1.807) is 12.1 Å². The van der Waals surface area contributed by atoms with Crippen molar-refractivity contribution in [3.63, 3.8) is 0 Å². The lowest BCUT2D eigenvalue weighted by Gasteiger charge is -2.22. The second-order valence-electron chi connectivity index (χ2n) is 10.0. The van der Waals surface area contributed by atoms with E-state index < -0.39 is 5.82 Å². The van der Waals surface area contributed by atoms with Gasteiger partial charge >= 0.3 is 0 Å². The van der Waals surface area contributed by atoms with Crippen LogP contribution in [0.1, 0.15) is 65.1 Å². The molecule has 0 saturated carbocycles. The van der Waals surface area contributed by atoms with Crippen molar-refractivity contribution < 1.29 is 13.9 Å². The van der Waals surface area contributed by atoms with E-state index in [1.807, 2.05) is 39.0 Å². The van der Waals surface area contributed by atoms with E-state index in [2.05, 4.69) is 32.0 Å². The first-order chi connectivity index (χ1) is 16.3. The molecular weight excluding hydrogens is 466 g/mol. The molecule has 6 heteroatoms. The molecule has 0 spiro atoms. The Bertz CT molecular complexity index is 1030. The fourth-order valence-corrected chi connectivity index (χ4v) is 3.51. The number of aromatic hydroxyl groups is 1. The van der Waals surface area contributed by atoms with Crippen LogP contribution >= 0.6 is 11.6 Å². The third kappa shape index (κ3) is 10.2. The molecule has 0 aliphatic rings. The molecule has 1 heterocycles. The maximum absolute atomic E-state index is 13.8. The van der Waals surface area contributed by atoms with E-state index in [1.165, 1.54) is 12.1 Å². The SMILES string of the molecule is C=CCC(CCF)CC(=C)N.CC(C)/C=C/c1nc(-c2ccc(Cl)c(F)c2)cc(C(C)(C)C)c1O. The Morgan fingerprint density at radius 2 is 1.91 bits per heavy atom. The minimum atomic E-state index is -0.486. The lowest BCUT2D eigenvalue weighted by molar-refractivity contribution is 0.385. The van der Waals surface area contributed by atoms with E-state index in [0.29, 0.717) is 41.4 Å². The number of nitrogens with zero attached hydrogens (tertiary/aromatic N) is 1. The van der Waals surface area contributed by atoms with Gasteiger partial charge in [0.05, 0.1) is 17.4 Å². The lowest BCUT2D eigenvalue weighted by atomic mass is 9.85. The number of halogens is 3. The summed E-state index contributed by atoms with van der Waals surface area (Å²) in [5.74, 6) is 0.300. The number of aromatic nitrogens is 1. The molecule has 1 aromatic carbocycles. The van der Waals surface area contributed by atoms with Gasteiger partial charge in [-0.1, -0.05) is 71.0 Å². The Kier molecular flexibility index (Phi) is 12.2. The first kappa shape index (κ1) is 30.4. The summed E-state index contributed by atoms with van der Waals surface area (Å²) in [4.78, 5) is 4.51. The first-order valence-corrected chi connectivity index (χ1v) is 12.2. The average Bonchev–Trinajstić information content (AvgIpc) is 2.74. The summed E-state index contributed by atoms with van der Waals surface area (Å²) in [6.07, 6.45) is 7.66. The van der Waals surface area contributed by atoms with Crippen molar-refractivity contribution in [2.75, 3.05) is 6.67 Å². The molecule has 0 bridgehead atoms. The lowest BCUT2D eigenvalue weighted by Crippen LogP contribution is -2.13. The van der Waals surface area contributed by atoms with E-state index in [-0.39, 0.29) is 28.8 Å². The second kappa shape index (κ2) is 14.0. The molecule has 1 atom stereocenters. The van der Waals surface area contributed by atoms with Gasteiger partial charge in [-0.25, -0.2) is 9.37 Å². The van der Waals surface area contributed by atoms with Gasteiger partial charge < -0.3 is 10.8 Å². The summed E-state index contributed by atoms with van der Waals surface area (Å²) in [6.45, 7) is 17.1. The molecule has 3 nitrogen and oxygen atoms in total. The minimum Gasteiger partial charge on any atom is -0.505 e. The van der Waals surface area contributed by atoms with E-state index in [9.17, 15) is 13.9 Å². The maximum Gasteiger partial charge on any atom is 0.144 e. The molecule has 35 heavy (non-hydrogen) atoms. The number of rotatable bonds is 9. The third-order valence-corrected chi connectivity index (χ3v) is 5.56. The number of allylic oxidation sites excluding steroid dienone is 3. The zero-order chi connectivity index (χ0) is 26.8. The Hall–Kier alpha value is -2.66. The Morgan fingerprint density at radius 1 is 1.26 bits per heavy atom. The van der Waals surface area contributed by atoms with Gasteiger partial charge in [0, 0.05) is 16.8 Å². The second-order valence-corrected chi connectivity index (χ2v) is 10.4. The molecule has 2 aromatic rings. The molecule has 1 aromatic heterocycles. The molecule has 2 rings (SSSR count). The topological polar surface area (TPSA) is 59.1 Å². The third-order valence-electron chi connectivity index (χ3n) is 5.25. The van der Waals surface area contributed by atoms with Crippen LogP contribution < -0.4 is 5.73 Å². The van der Waals surface area contributed by atoms with Crippen molar-refractivity contribution in [2.24, 2.45) is 17.6 Å². The molecule has 0 fully saturated rings. The highest BCUT2D eigenvalue weighted by molar-refractivity contribution is 6.30. The van der Waals surface area contributed by atoms with Crippen LogP contribution in [0.25, 0.3) is 17.3 Å². The van der Waals surface area contributed by atoms with Gasteiger partial charge in [0.2, 0.25) is 0 Å². The van der Waals surface area contributed by atoms with Crippen molar-refractivity contribution in [3.8, 4) is 17.0 Å². The van der Waals surface area contributed by atoms with Gasteiger partial charge in [-0.2, -0.15) is 0 Å². The van der Waals surface area contributed by atoms with Crippen LogP contribution in [0.3, 0.4) is 0 Å². The summed E-state index contributed by atoms with van der Waals surface area (Å²) in [5, 5.41) is 10.7. The summed E-state index contributed by atoms with van der Waals surface area (Å²) < 4.78 is 25.7. The summed E-state index contributed by atoms with van der Waals surface area (Å²) in [7, 11) is 0. The van der Waals surface area contributed by atoms with Gasteiger partial charge in [-0.3, -0.25) is 4.39 Å². The zero-order valence-corrected chi connectivity index (χ0v) is 22.3. The molecule has 0 amide bonds.